The zero-order chi connectivity index (χ0) is 22.1. The van der Waals surface area contributed by atoms with Gasteiger partial charge in [0, 0.05) is 38.4 Å². The van der Waals surface area contributed by atoms with Gasteiger partial charge >= 0.3 is 0 Å². The summed E-state index contributed by atoms with van der Waals surface area (Å²) in [7, 11) is -3.24. The fraction of sp³-hybridized carbons (Fsp3) is 0.619. The number of nitrogens with one attached hydrogen (secondary N) is 2. The monoisotopic (exact) mass is 568 g/mol. The molecule has 2 N–H and O–H groups in total. The van der Waals surface area contributed by atoms with Crippen LogP contribution < -0.4 is 10.6 Å². The number of aliphatic imine (C=N–C) groups is 1. The van der Waals surface area contributed by atoms with E-state index in [0.29, 0.717) is 36.6 Å². The van der Waals surface area contributed by atoms with E-state index in [9.17, 15) is 17.6 Å². The Kier molecular flexibility index (Phi) is 11.7. The quantitative estimate of drug-likeness (QED) is 0.258. The second-order valence-electron chi connectivity index (χ2n) is 7.65. The maximum atomic E-state index is 13.7. The molecule has 1 aliphatic rings. The second-order valence-corrected chi connectivity index (χ2v) is 9.79. The van der Waals surface area contributed by atoms with Crippen LogP contribution in [0.2, 0.25) is 0 Å². The number of rotatable bonds is 10. The third-order valence-corrected chi connectivity index (χ3v) is 5.97. The summed E-state index contributed by atoms with van der Waals surface area (Å²) in [5.41, 5.74) is 1.10. The number of guanidine groups is 1. The molecule has 7 nitrogen and oxygen atoms in total. The van der Waals surface area contributed by atoms with E-state index in [2.05, 4.69) is 22.5 Å². The van der Waals surface area contributed by atoms with Crippen LogP contribution in [0, 0.1) is 5.82 Å². The van der Waals surface area contributed by atoms with Crippen molar-refractivity contribution in [2.75, 3.05) is 25.9 Å². The molecule has 2 rings (SSSR count). The lowest BCUT2D eigenvalue weighted by Crippen LogP contribution is -2.42. The summed E-state index contributed by atoms with van der Waals surface area (Å²) in [5, 5.41) is 6.42. The summed E-state index contributed by atoms with van der Waals surface area (Å²) in [4.78, 5) is 18.5. The van der Waals surface area contributed by atoms with E-state index < -0.39 is 15.7 Å². The van der Waals surface area contributed by atoms with Gasteiger partial charge in [-0.25, -0.2) is 17.8 Å². The van der Waals surface area contributed by atoms with Crippen molar-refractivity contribution >= 4 is 45.7 Å². The lowest BCUT2D eigenvalue weighted by molar-refractivity contribution is -0.129. The van der Waals surface area contributed by atoms with E-state index in [0.717, 1.165) is 32.1 Å². The average molecular weight is 568 g/mol. The molecule has 31 heavy (non-hydrogen) atoms. The minimum Gasteiger partial charge on any atom is -0.357 e. The summed E-state index contributed by atoms with van der Waals surface area (Å²) in [6.45, 7) is 6.34. The van der Waals surface area contributed by atoms with Gasteiger partial charge in [-0.15, -0.1) is 24.0 Å². The highest BCUT2D eigenvalue weighted by Crippen LogP contribution is 2.18. The molecule has 1 atom stereocenters. The highest BCUT2D eigenvalue weighted by molar-refractivity contribution is 14.0. The van der Waals surface area contributed by atoms with Crippen molar-refractivity contribution < 1.29 is 17.6 Å². The lowest BCUT2D eigenvalue weighted by atomic mass is 10.1. The molecule has 1 saturated heterocycles. The van der Waals surface area contributed by atoms with Crippen molar-refractivity contribution in [1.29, 1.82) is 0 Å². The number of amides is 1. The van der Waals surface area contributed by atoms with Gasteiger partial charge in [0.2, 0.25) is 5.91 Å². The predicted molar refractivity (Wildman–Crippen MR) is 133 cm³/mol. The first-order valence-corrected chi connectivity index (χ1v) is 12.6. The van der Waals surface area contributed by atoms with Gasteiger partial charge in [-0.05, 0) is 49.4 Å². The predicted octanol–water partition coefficient (Wildman–Crippen LogP) is 2.83. The van der Waals surface area contributed by atoms with Crippen LogP contribution in [-0.2, 0) is 26.9 Å². The van der Waals surface area contributed by atoms with E-state index in [-0.39, 0.29) is 48.2 Å². The van der Waals surface area contributed by atoms with Crippen molar-refractivity contribution in [3.05, 3.63) is 35.1 Å². The highest BCUT2D eigenvalue weighted by Gasteiger charge is 2.26. The molecule has 1 aromatic carbocycles. The summed E-state index contributed by atoms with van der Waals surface area (Å²) in [6, 6.07) is 4.31. The minimum absolute atomic E-state index is 0. The Labute approximate surface area is 202 Å². The van der Waals surface area contributed by atoms with Gasteiger partial charge in [-0.1, -0.05) is 13.0 Å². The van der Waals surface area contributed by atoms with E-state index in [1.807, 2.05) is 11.8 Å². The van der Waals surface area contributed by atoms with Gasteiger partial charge in [-0.3, -0.25) is 4.79 Å². The number of carbonyl (C=O) groups is 1. The molecule has 0 spiro atoms. The van der Waals surface area contributed by atoms with Gasteiger partial charge < -0.3 is 15.5 Å². The third-order valence-electron chi connectivity index (χ3n) is 5.13. The van der Waals surface area contributed by atoms with E-state index in [1.54, 1.807) is 0 Å². The lowest BCUT2D eigenvalue weighted by Gasteiger charge is -2.27. The van der Waals surface area contributed by atoms with Crippen LogP contribution in [0.15, 0.2) is 23.2 Å². The van der Waals surface area contributed by atoms with Crippen molar-refractivity contribution in [2.45, 2.75) is 57.9 Å². The Balaban J connectivity index is 0.00000480. The average Bonchev–Trinajstić information content (AvgIpc) is 3.10. The molecular weight excluding hydrogens is 534 g/mol. The molecule has 0 bridgehead atoms. The number of sulfone groups is 1. The van der Waals surface area contributed by atoms with E-state index >= 15 is 0 Å². The summed E-state index contributed by atoms with van der Waals surface area (Å²) < 4.78 is 37.0. The van der Waals surface area contributed by atoms with E-state index in [4.69, 9.17) is 0 Å². The highest BCUT2D eigenvalue weighted by atomic mass is 127. The molecule has 1 aliphatic heterocycles. The summed E-state index contributed by atoms with van der Waals surface area (Å²) >= 11 is 0. The number of carbonyl (C=O) groups excluding carboxylic acids is 1. The number of hydrogen-bond acceptors (Lipinski definition) is 4. The number of likely N-dealkylation sites (tertiary alicyclic amines) is 1. The van der Waals surface area contributed by atoms with Crippen LogP contribution >= 0.6 is 24.0 Å². The Bertz CT molecular complexity index is 864. The molecule has 0 aliphatic carbocycles. The van der Waals surface area contributed by atoms with Crippen LogP contribution in [0.1, 0.15) is 50.7 Å². The topological polar surface area (TPSA) is 90.9 Å². The van der Waals surface area contributed by atoms with Crippen molar-refractivity contribution in [3.63, 3.8) is 0 Å². The molecule has 1 fully saturated rings. The van der Waals surface area contributed by atoms with Crippen LogP contribution in [0.3, 0.4) is 0 Å². The first kappa shape index (κ1) is 27.6. The van der Waals surface area contributed by atoms with Gasteiger partial charge in [-0.2, -0.15) is 0 Å². The molecule has 1 aromatic rings. The van der Waals surface area contributed by atoms with Crippen LogP contribution in [0.5, 0.6) is 0 Å². The third kappa shape index (κ3) is 9.30. The van der Waals surface area contributed by atoms with Crippen LogP contribution in [0.4, 0.5) is 4.39 Å². The molecule has 10 heteroatoms. The Morgan fingerprint density at radius 3 is 2.58 bits per heavy atom. The van der Waals surface area contributed by atoms with Crippen molar-refractivity contribution in [2.24, 2.45) is 4.99 Å². The molecular formula is C21H34FIN4O3S. The minimum atomic E-state index is -3.24. The SMILES string of the molecule is CCNC(=NCc1cc(F)ccc1CS(C)(=O)=O)NCCC(CC)N1CCCC1=O.I. The number of halogens is 2. The maximum Gasteiger partial charge on any atom is 0.222 e. The smallest absolute Gasteiger partial charge is 0.222 e. The fourth-order valence-corrected chi connectivity index (χ4v) is 4.51. The van der Waals surface area contributed by atoms with Crippen molar-refractivity contribution in [3.8, 4) is 0 Å². The van der Waals surface area contributed by atoms with Gasteiger partial charge in [0.15, 0.2) is 15.8 Å². The molecule has 0 aromatic heterocycles. The number of nitrogens with zero attached hydrogens (tertiary/aromatic N) is 2. The summed E-state index contributed by atoms with van der Waals surface area (Å²) in [6.07, 6.45) is 4.43. The Morgan fingerprint density at radius 1 is 1.26 bits per heavy atom. The Morgan fingerprint density at radius 2 is 2.00 bits per heavy atom. The second kappa shape index (κ2) is 13.2. The molecule has 0 radical (unpaired) electrons. The fourth-order valence-electron chi connectivity index (χ4n) is 3.66. The standard InChI is InChI=1S/C21H33FN4O3S.HI/c1-4-19(26-12-6-7-20(26)27)10-11-24-21(23-5-2)25-14-17-13-18(22)9-8-16(17)15-30(3,28)29;/h8-9,13,19H,4-7,10-12,14-15H2,1-3H3,(H2,23,24,25);1H. The molecule has 1 amide bonds. The number of benzene rings is 1. The maximum absolute atomic E-state index is 13.7. The first-order chi connectivity index (χ1) is 14.2. The van der Waals surface area contributed by atoms with Gasteiger partial charge in [0.05, 0.1) is 12.3 Å². The molecule has 0 saturated carbocycles. The van der Waals surface area contributed by atoms with Crippen LogP contribution in [0.25, 0.3) is 0 Å². The molecule has 1 heterocycles. The van der Waals surface area contributed by atoms with Crippen molar-refractivity contribution in [1.82, 2.24) is 15.5 Å². The van der Waals surface area contributed by atoms with Gasteiger partial charge in [0.1, 0.15) is 5.82 Å². The normalized spacial score (nSPS) is 15.5. The Hall–Kier alpha value is -1.43. The molecule has 176 valence electrons. The zero-order valence-electron chi connectivity index (χ0n) is 18.5. The summed E-state index contributed by atoms with van der Waals surface area (Å²) in [5.74, 6) is 0.238. The van der Waals surface area contributed by atoms with Gasteiger partial charge in [0.25, 0.3) is 0 Å². The zero-order valence-corrected chi connectivity index (χ0v) is 21.6. The van der Waals surface area contributed by atoms with Crippen LogP contribution in [-0.4, -0.2) is 57.1 Å². The molecule has 1 unspecified atom stereocenters. The first-order valence-electron chi connectivity index (χ1n) is 10.5. The van der Waals surface area contributed by atoms with E-state index in [1.165, 1.54) is 18.2 Å². The largest absolute Gasteiger partial charge is 0.357 e. The number of hydrogen-bond donors (Lipinski definition) is 2.